The summed E-state index contributed by atoms with van der Waals surface area (Å²) in [5, 5.41) is 4.47. The standard InChI is InChI=1S/C22H27N5O/c1-16(2)26-10-9-19(15-26)25(3)22(28)21-13-23-12-20(21)17-11-24-27(14-17)18-7-5-4-6-8-18/h4-8,11-14,16,19,23H,9-10,15H2,1-3H3. The quantitative estimate of drug-likeness (QED) is 0.741. The Hall–Kier alpha value is -2.86. The van der Waals surface area contributed by atoms with Crippen molar-refractivity contribution < 1.29 is 4.79 Å². The number of H-pyrrole nitrogens is 1. The van der Waals surface area contributed by atoms with Crippen molar-refractivity contribution >= 4 is 5.91 Å². The number of aromatic amines is 1. The van der Waals surface area contributed by atoms with Crippen LogP contribution in [-0.4, -0.2) is 62.7 Å². The van der Waals surface area contributed by atoms with Crippen LogP contribution in [0.3, 0.4) is 0 Å². The molecule has 28 heavy (non-hydrogen) atoms. The molecule has 4 rings (SSSR count). The Balaban J connectivity index is 1.55. The van der Waals surface area contributed by atoms with Gasteiger partial charge in [-0.1, -0.05) is 18.2 Å². The molecule has 3 heterocycles. The molecule has 0 radical (unpaired) electrons. The van der Waals surface area contributed by atoms with E-state index in [0.29, 0.717) is 11.6 Å². The minimum absolute atomic E-state index is 0.0549. The highest BCUT2D eigenvalue weighted by Gasteiger charge is 2.31. The Morgan fingerprint density at radius 2 is 2.04 bits per heavy atom. The molecule has 1 saturated heterocycles. The van der Waals surface area contributed by atoms with Crippen molar-refractivity contribution in [3.05, 3.63) is 60.7 Å². The molecule has 1 N–H and O–H groups in total. The molecule has 1 aliphatic heterocycles. The predicted molar refractivity (Wildman–Crippen MR) is 111 cm³/mol. The SMILES string of the molecule is CC(C)N1CCC(N(C)C(=O)c2c[nH]cc2-c2cnn(-c3ccccc3)c2)C1. The van der Waals surface area contributed by atoms with Crippen molar-refractivity contribution in [1.29, 1.82) is 0 Å². The van der Waals surface area contributed by atoms with Gasteiger partial charge in [-0.15, -0.1) is 0 Å². The maximum atomic E-state index is 13.2. The first-order valence-electron chi connectivity index (χ1n) is 9.83. The van der Waals surface area contributed by atoms with E-state index >= 15 is 0 Å². The molecule has 3 aromatic rings. The van der Waals surface area contributed by atoms with E-state index in [1.54, 1.807) is 6.20 Å². The van der Waals surface area contributed by atoms with Crippen molar-refractivity contribution in [2.45, 2.75) is 32.4 Å². The average Bonchev–Trinajstić information content (AvgIpc) is 3.47. The third-order valence-electron chi connectivity index (χ3n) is 5.68. The number of carbonyl (C=O) groups excluding carboxylic acids is 1. The summed E-state index contributed by atoms with van der Waals surface area (Å²) in [5.74, 6) is 0.0549. The normalized spacial score (nSPS) is 17.4. The molecule has 1 amide bonds. The van der Waals surface area contributed by atoms with Gasteiger partial charge in [0.25, 0.3) is 5.91 Å². The summed E-state index contributed by atoms with van der Waals surface area (Å²) < 4.78 is 1.83. The van der Waals surface area contributed by atoms with Gasteiger partial charge < -0.3 is 9.88 Å². The van der Waals surface area contributed by atoms with Gasteiger partial charge in [-0.05, 0) is 32.4 Å². The van der Waals surface area contributed by atoms with Gasteiger partial charge in [-0.25, -0.2) is 4.68 Å². The largest absolute Gasteiger partial charge is 0.366 e. The zero-order valence-corrected chi connectivity index (χ0v) is 16.7. The second-order valence-electron chi connectivity index (χ2n) is 7.74. The average molecular weight is 377 g/mol. The molecule has 0 saturated carbocycles. The maximum absolute atomic E-state index is 13.2. The van der Waals surface area contributed by atoms with E-state index in [-0.39, 0.29) is 11.9 Å². The number of benzene rings is 1. The summed E-state index contributed by atoms with van der Waals surface area (Å²) in [6, 6.07) is 10.7. The van der Waals surface area contributed by atoms with Crippen LogP contribution in [0, 0.1) is 0 Å². The number of nitrogens with one attached hydrogen (secondary N) is 1. The summed E-state index contributed by atoms with van der Waals surface area (Å²) >= 11 is 0. The Labute approximate surface area is 165 Å². The molecule has 0 bridgehead atoms. The van der Waals surface area contributed by atoms with Crippen molar-refractivity contribution in [2.24, 2.45) is 0 Å². The molecule has 1 unspecified atom stereocenters. The molecular weight excluding hydrogens is 350 g/mol. The maximum Gasteiger partial charge on any atom is 0.256 e. The number of likely N-dealkylation sites (tertiary alicyclic amines) is 1. The number of aromatic nitrogens is 3. The van der Waals surface area contributed by atoms with Crippen LogP contribution in [0.15, 0.2) is 55.1 Å². The lowest BCUT2D eigenvalue weighted by Crippen LogP contribution is -2.40. The number of nitrogens with zero attached hydrogens (tertiary/aromatic N) is 4. The van der Waals surface area contributed by atoms with Gasteiger partial charge in [0.15, 0.2) is 0 Å². The van der Waals surface area contributed by atoms with Crippen LogP contribution in [0.1, 0.15) is 30.6 Å². The number of likely N-dealkylation sites (N-methyl/N-ethyl adjacent to an activating group) is 1. The highest BCUT2D eigenvalue weighted by molar-refractivity contribution is 6.00. The van der Waals surface area contributed by atoms with Gasteiger partial charge in [0.1, 0.15) is 0 Å². The molecule has 0 spiro atoms. The van der Waals surface area contributed by atoms with Gasteiger partial charge in [0.2, 0.25) is 0 Å². The summed E-state index contributed by atoms with van der Waals surface area (Å²) in [7, 11) is 1.92. The van der Waals surface area contributed by atoms with Crippen LogP contribution in [-0.2, 0) is 0 Å². The first-order chi connectivity index (χ1) is 13.5. The second kappa shape index (κ2) is 7.64. The topological polar surface area (TPSA) is 57.2 Å². The van der Waals surface area contributed by atoms with E-state index in [4.69, 9.17) is 0 Å². The number of carbonyl (C=O) groups is 1. The Kier molecular flexibility index (Phi) is 5.05. The molecule has 2 aromatic heterocycles. The fraction of sp³-hybridized carbons (Fsp3) is 0.364. The van der Waals surface area contributed by atoms with Gasteiger partial charge in [0.05, 0.1) is 17.4 Å². The van der Waals surface area contributed by atoms with E-state index < -0.39 is 0 Å². The van der Waals surface area contributed by atoms with Crippen LogP contribution in [0.4, 0.5) is 0 Å². The number of hydrogen-bond donors (Lipinski definition) is 1. The van der Waals surface area contributed by atoms with Gasteiger partial charge >= 0.3 is 0 Å². The minimum Gasteiger partial charge on any atom is -0.366 e. The van der Waals surface area contributed by atoms with Crippen molar-refractivity contribution in [3.63, 3.8) is 0 Å². The fourth-order valence-corrected chi connectivity index (χ4v) is 3.87. The number of para-hydroxylation sites is 1. The fourth-order valence-electron chi connectivity index (χ4n) is 3.87. The molecule has 1 aliphatic rings. The highest BCUT2D eigenvalue weighted by atomic mass is 16.2. The van der Waals surface area contributed by atoms with Crippen molar-refractivity contribution in [2.75, 3.05) is 20.1 Å². The highest BCUT2D eigenvalue weighted by Crippen LogP contribution is 2.27. The summed E-state index contributed by atoms with van der Waals surface area (Å²) in [6.07, 6.45) is 8.46. The van der Waals surface area contributed by atoms with E-state index in [9.17, 15) is 4.79 Å². The zero-order valence-electron chi connectivity index (χ0n) is 16.7. The van der Waals surface area contributed by atoms with Crippen molar-refractivity contribution in [3.8, 4) is 16.8 Å². The summed E-state index contributed by atoms with van der Waals surface area (Å²) in [6.45, 7) is 6.40. The van der Waals surface area contributed by atoms with E-state index in [0.717, 1.165) is 36.3 Å². The molecule has 0 aliphatic carbocycles. The lowest BCUT2D eigenvalue weighted by Gasteiger charge is -2.26. The minimum atomic E-state index is 0.0549. The molecule has 1 aromatic carbocycles. The molecule has 1 atom stereocenters. The lowest BCUT2D eigenvalue weighted by molar-refractivity contribution is 0.0733. The van der Waals surface area contributed by atoms with Crippen LogP contribution in [0.25, 0.3) is 16.8 Å². The Bertz CT molecular complexity index is 943. The van der Waals surface area contributed by atoms with Crippen LogP contribution >= 0.6 is 0 Å². The number of amides is 1. The third-order valence-corrected chi connectivity index (χ3v) is 5.68. The van der Waals surface area contributed by atoms with Crippen LogP contribution in [0.5, 0.6) is 0 Å². The molecule has 6 nitrogen and oxygen atoms in total. The summed E-state index contributed by atoms with van der Waals surface area (Å²) in [5.41, 5.74) is 3.50. The molecular formula is C22H27N5O. The first kappa shape index (κ1) is 18.5. The number of rotatable bonds is 5. The van der Waals surface area contributed by atoms with Crippen LogP contribution < -0.4 is 0 Å². The zero-order chi connectivity index (χ0) is 19.7. The molecule has 6 heteroatoms. The van der Waals surface area contributed by atoms with E-state index in [1.165, 1.54) is 0 Å². The number of hydrogen-bond acceptors (Lipinski definition) is 3. The Morgan fingerprint density at radius 3 is 2.75 bits per heavy atom. The van der Waals surface area contributed by atoms with Crippen LogP contribution in [0.2, 0.25) is 0 Å². The van der Waals surface area contributed by atoms with Crippen molar-refractivity contribution in [1.82, 2.24) is 24.6 Å². The van der Waals surface area contributed by atoms with E-state index in [1.807, 2.05) is 65.6 Å². The predicted octanol–water partition coefficient (Wildman–Crippen LogP) is 3.42. The molecule has 146 valence electrons. The smallest absolute Gasteiger partial charge is 0.256 e. The monoisotopic (exact) mass is 377 g/mol. The lowest BCUT2D eigenvalue weighted by atomic mass is 10.1. The van der Waals surface area contributed by atoms with Gasteiger partial charge in [-0.3, -0.25) is 9.69 Å². The first-order valence-corrected chi connectivity index (χ1v) is 9.83. The Morgan fingerprint density at radius 1 is 1.25 bits per heavy atom. The van der Waals surface area contributed by atoms with Gasteiger partial charge in [-0.2, -0.15) is 5.10 Å². The molecule has 1 fully saturated rings. The third kappa shape index (κ3) is 3.47. The van der Waals surface area contributed by atoms with E-state index in [2.05, 4.69) is 28.8 Å². The summed E-state index contributed by atoms with van der Waals surface area (Å²) in [4.78, 5) is 20.6. The second-order valence-corrected chi connectivity index (χ2v) is 7.74. The van der Waals surface area contributed by atoms with Gasteiger partial charge in [0, 0.05) is 61.9 Å².